The lowest BCUT2D eigenvalue weighted by atomic mass is 9.67. The van der Waals surface area contributed by atoms with Gasteiger partial charge in [-0.3, -0.25) is 0 Å². The maximum Gasteiger partial charge on any atom is 0.182 e. The minimum atomic E-state index is -0.416. The summed E-state index contributed by atoms with van der Waals surface area (Å²) in [5, 5.41) is 3.70. The standard InChI is InChI=1S/C52H35N2S/c1-55-46-27-14-12-25-41(46)48-47(55)31-30-45-49(48)50(34-16-5-2-6-17-34)54-51(53-45)37-19-15-18-35(32-37)36-28-29-44-42(33-36)40-24-11-13-26-43(40)52(44,38-20-7-3-8-21-38)39-22-9-4-10-23-39/h2-33H,1H3/q+1. The minimum Gasteiger partial charge on any atom is -0.228 e. The highest BCUT2D eigenvalue weighted by atomic mass is 32.2. The molecule has 0 spiro atoms. The Kier molecular flexibility index (Phi) is 7.20. The lowest BCUT2D eigenvalue weighted by Crippen LogP contribution is -2.28. The topological polar surface area (TPSA) is 25.8 Å². The van der Waals surface area contributed by atoms with Crippen molar-refractivity contribution in [2.45, 2.75) is 5.41 Å². The second-order valence-electron chi connectivity index (χ2n) is 14.5. The second kappa shape index (κ2) is 12.4. The molecule has 2 aromatic heterocycles. The summed E-state index contributed by atoms with van der Waals surface area (Å²) in [6.07, 6.45) is 2.33. The van der Waals surface area contributed by atoms with Gasteiger partial charge in [0.15, 0.2) is 15.2 Å². The first kappa shape index (κ1) is 31.8. The molecular weight excluding hydrogens is 685 g/mol. The van der Waals surface area contributed by atoms with E-state index in [4.69, 9.17) is 9.97 Å². The van der Waals surface area contributed by atoms with Crippen LogP contribution in [-0.4, -0.2) is 9.97 Å². The predicted octanol–water partition coefficient (Wildman–Crippen LogP) is 13.6. The van der Waals surface area contributed by atoms with Crippen molar-refractivity contribution in [2.24, 2.45) is 6.26 Å². The molecule has 1 aliphatic carbocycles. The molecule has 0 saturated heterocycles. The molecule has 8 aromatic carbocycles. The maximum absolute atomic E-state index is 5.42. The fourth-order valence-corrected chi connectivity index (χ4v) is 11.0. The molecule has 3 heteroatoms. The summed E-state index contributed by atoms with van der Waals surface area (Å²) in [7, 11) is -0.00568. The van der Waals surface area contributed by atoms with Crippen molar-refractivity contribution < 1.29 is 0 Å². The van der Waals surface area contributed by atoms with Gasteiger partial charge in [-0.1, -0.05) is 158 Å². The van der Waals surface area contributed by atoms with Crippen molar-refractivity contribution in [1.82, 2.24) is 9.97 Å². The summed E-state index contributed by atoms with van der Waals surface area (Å²) >= 11 is 0. The Balaban J connectivity index is 1.10. The molecule has 0 radical (unpaired) electrons. The van der Waals surface area contributed by atoms with E-state index in [1.54, 1.807) is 0 Å². The Morgan fingerprint density at radius 3 is 1.82 bits per heavy atom. The van der Waals surface area contributed by atoms with Gasteiger partial charge in [0.05, 0.1) is 22.0 Å². The van der Waals surface area contributed by atoms with Crippen LogP contribution >= 0.6 is 10.5 Å². The first-order chi connectivity index (χ1) is 27.2. The van der Waals surface area contributed by atoms with Gasteiger partial charge in [-0.05, 0) is 85.3 Å². The van der Waals surface area contributed by atoms with Gasteiger partial charge in [0.25, 0.3) is 0 Å². The molecule has 258 valence electrons. The number of benzene rings is 8. The van der Waals surface area contributed by atoms with Gasteiger partial charge >= 0.3 is 0 Å². The fraction of sp³-hybridized carbons (Fsp3) is 0.0385. The average molecular weight is 720 g/mol. The number of fused-ring (bicyclic) bond motifs is 8. The monoisotopic (exact) mass is 719 g/mol. The van der Waals surface area contributed by atoms with Crippen LogP contribution in [0.5, 0.6) is 0 Å². The fourth-order valence-electron chi connectivity index (χ4n) is 9.19. The molecule has 0 N–H and O–H groups in total. The molecule has 0 fully saturated rings. The molecule has 1 atom stereocenters. The van der Waals surface area contributed by atoms with Crippen LogP contribution in [0.15, 0.2) is 194 Å². The van der Waals surface area contributed by atoms with E-state index in [0.29, 0.717) is 0 Å². The second-order valence-corrected chi connectivity index (χ2v) is 16.4. The summed E-state index contributed by atoms with van der Waals surface area (Å²) in [6.45, 7) is 0. The summed E-state index contributed by atoms with van der Waals surface area (Å²) in [6, 6.07) is 70.6. The maximum atomic E-state index is 5.42. The van der Waals surface area contributed by atoms with Crippen LogP contribution in [0.1, 0.15) is 22.3 Å². The molecule has 0 amide bonds. The van der Waals surface area contributed by atoms with Crippen molar-refractivity contribution in [3.05, 3.63) is 216 Å². The molecule has 0 saturated carbocycles. The average Bonchev–Trinajstić information content (AvgIpc) is 3.73. The van der Waals surface area contributed by atoms with Crippen molar-refractivity contribution in [3.63, 3.8) is 0 Å². The summed E-state index contributed by atoms with van der Waals surface area (Å²) in [5.41, 5.74) is 13.6. The largest absolute Gasteiger partial charge is 0.228 e. The van der Waals surface area contributed by atoms with Gasteiger partial charge in [-0.2, -0.15) is 0 Å². The quantitative estimate of drug-likeness (QED) is 0.166. The third-order valence-electron chi connectivity index (χ3n) is 11.6. The van der Waals surface area contributed by atoms with Crippen LogP contribution < -0.4 is 0 Å². The van der Waals surface area contributed by atoms with E-state index < -0.39 is 5.41 Å². The summed E-state index contributed by atoms with van der Waals surface area (Å²) in [5.74, 6) is 0.730. The third kappa shape index (κ3) is 4.73. The van der Waals surface area contributed by atoms with Crippen molar-refractivity contribution in [3.8, 4) is 44.9 Å². The predicted molar refractivity (Wildman–Crippen MR) is 232 cm³/mol. The van der Waals surface area contributed by atoms with Gasteiger partial charge in [0.1, 0.15) is 6.26 Å². The SMILES string of the molecule is C[s+]1c2ccccc2c2c3c(-c4ccccc4)nc(-c4cccc(-c5ccc6c(c5)-c5ccccc5C6(c5ccccc5)c5ccccc5)c4)nc3ccc21. The summed E-state index contributed by atoms with van der Waals surface area (Å²) < 4.78 is 2.76. The molecule has 1 aliphatic rings. The summed E-state index contributed by atoms with van der Waals surface area (Å²) in [4.78, 5) is 10.7. The van der Waals surface area contributed by atoms with Crippen LogP contribution in [0.3, 0.4) is 0 Å². The minimum absolute atomic E-state index is 0.00568. The van der Waals surface area contributed by atoms with E-state index in [9.17, 15) is 0 Å². The van der Waals surface area contributed by atoms with Crippen LogP contribution in [0.4, 0.5) is 0 Å². The van der Waals surface area contributed by atoms with Gasteiger partial charge in [0, 0.05) is 28.0 Å². The Labute approximate surface area is 323 Å². The first-order valence-corrected chi connectivity index (χ1v) is 20.5. The van der Waals surface area contributed by atoms with Crippen molar-refractivity contribution in [1.29, 1.82) is 0 Å². The van der Waals surface area contributed by atoms with E-state index in [1.807, 2.05) is 0 Å². The lowest BCUT2D eigenvalue weighted by molar-refractivity contribution is 0.768. The third-order valence-corrected chi connectivity index (χ3v) is 13.6. The number of hydrogen-bond donors (Lipinski definition) is 0. The molecule has 55 heavy (non-hydrogen) atoms. The molecule has 1 unspecified atom stereocenters. The Hall–Kier alpha value is -6.68. The molecular formula is C52H35N2S+. The number of aryl methyl sites for hydroxylation is 1. The van der Waals surface area contributed by atoms with Crippen LogP contribution in [0.2, 0.25) is 0 Å². The van der Waals surface area contributed by atoms with Crippen LogP contribution in [0.25, 0.3) is 76.0 Å². The molecule has 10 aromatic rings. The number of nitrogens with zero attached hydrogens (tertiary/aromatic N) is 2. The van der Waals surface area contributed by atoms with Crippen LogP contribution in [0, 0.1) is 0 Å². The molecule has 0 bridgehead atoms. The number of hydrogen-bond acceptors (Lipinski definition) is 2. The number of aromatic nitrogens is 2. The van der Waals surface area contributed by atoms with E-state index >= 15 is 0 Å². The zero-order valence-corrected chi connectivity index (χ0v) is 31.1. The Morgan fingerprint density at radius 2 is 1.04 bits per heavy atom. The van der Waals surface area contributed by atoms with Gasteiger partial charge < -0.3 is 0 Å². The normalized spacial score (nSPS) is 13.3. The van der Waals surface area contributed by atoms with Gasteiger partial charge in [-0.25, -0.2) is 9.97 Å². The van der Waals surface area contributed by atoms with Crippen molar-refractivity contribution in [2.75, 3.05) is 0 Å². The smallest absolute Gasteiger partial charge is 0.182 e. The van der Waals surface area contributed by atoms with E-state index in [-0.39, 0.29) is 10.5 Å². The molecule has 11 rings (SSSR count). The lowest BCUT2D eigenvalue weighted by Gasteiger charge is -2.33. The van der Waals surface area contributed by atoms with Gasteiger partial charge in [0.2, 0.25) is 0 Å². The molecule has 2 nitrogen and oxygen atoms in total. The Morgan fingerprint density at radius 1 is 0.418 bits per heavy atom. The number of rotatable bonds is 5. The van der Waals surface area contributed by atoms with Crippen molar-refractivity contribution >= 4 is 41.5 Å². The van der Waals surface area contributed by atoms with E-state index in [2.05, 4.69) is 200 Å². The van der Waals surface area contributed by atoms with E-state index in [0.717, 1.165) is 39.1 Å². The highest BCUT2D eigenvalue weighted by molar-refractivity contribution is 7.41. The van der Waals surface area contributed by atoms with Crippen LogP contribution in [-0.2, 0) is 11.7 Å². The zero-order valence-electron chi connectivity index (χ0n) is 30.3. The highest BCUT2D eigenvalue weighted by Gasteiger charge is 2.46. The highest BCUT2D eigenvalue weighted by Crippen LogP contribution is 2.56. The van der Waals surface area contributed by atoms with Gasteiger partial charge in [-0.15, -0.1) is 0 Å². The van der Waals surface area contributed by atoms with E-state index in [1.165, 1.54) is 59.1 Å². The zero-order chi connectivity index (χ0) is 36.5. The first-order valence-electron chi connectivity index (χ1n) is 18.8. The Bertz CT molecular complexity index is 3050. The number of thiophene rings is 1. The molecule has 2 heterocycles. The molecule has 0 aliphatic heterocycles.